The zero-order valence-corrected chi connectivity index (χ0v) is 13.6. The molecule has 2 N–H and O–H groups in total. The summed E-state index contributed by atoms with van der Waals surface area (Å²) in [5.74, 6) is 0. The first-order chi connectivity index (χ1) is 8.76. The van der Waals surface area contributed by atoms with Gasteiger partial charge in [-0.05, 0) is 38.5 Å². The number of rotatable bonds is 5. The Hall–Kier alpha value is -0.480. The molecule has 0 spiro atoms. The Kier molecular flexibility index (Phi) is 5.93. The van der Waals surface area contributed by atoms with Crippen molar-refractivity contribution in [3.63, 3.8) is 0 Å². The predicted molar refractivity (Wildman–Crippen MR) is 83.4 cm³/mol. The molecule has 0 aliphatic heterocycles. The largest absolute Gasteiger partial charge is 0.386 e. The van der Waals surface area contributed by atoms with Crippen molar-refractivity contribution >= 4 is 28.9 Å². The topological polar surface area (TPSA) is 33.3 Å². The Balaban J connectivity index is 2.86. The molecule has 1 unspecified atom stereocenters. The first-order valence-corrected chi connectivity index (χ1v) is 6.98. The van der Waals surface area contributed by atoms with E-state index in [9.17, 15) is 0 Å². The third-order valence-corrected chi connectivity index (χ3v) is 3.25. The van der Waals surface area contributed by atoms with E-state index in [1.807, 2.05) is 12.1 Å². The Morgan fingerprint density at radius 1 is 1.21 bits per heavy atom. The second-order valence-electron chi connectivity index (χ2n) is 5.51. The molecule has 0 fully saturated rings. The molecule has 0 aromatic heterocycles. The molecule has 0 radical (unpaired) electrons. The van der Waals surface area contributed by atoms with Crippen LogP contribution >= 0.6 is 23.2 Å². The molecule has 0 aliphatic rings. The molecule has 3 nitrogen and oxygen atoms in total. The number of ether oxygens (including phenoxy) is 1. The predicted octanol–water partition coefficient (Wildman–Crippen LogP) is 3.94. The molecule has 1 rings (SSSR count). The first kappa shape index (κ1) is 16.6. The van der Waals surface area contributed by atoms with Gasteiger partial charge < -0.3 is 10.1 Å². The van der Waals surface area contributed by atoms with E-state index in [-0.39, 0.29) is 11.8 Å². The number of hydrogen-bond donors (Lipinski definition) is 2. The van der Waals surface area contributed by atoms with E-state index >= 15 is 0 Å². The van der Waals surface area contributed by atoms with Crippen LogP contribution in [0.15, 0.2) is 12.1 Å². The van der Waals surface area contributed by atoms with Crippen LogP contribution in [-0.4, -0.2) is 25.9 Å². The van der Waals surface area contributed by atoms with Crippen LogP contribution < -0.4 is 10.6 Å². The number of nitrogens with one attached hydrogen (secondary N) is 2. The SMILES string of the molecule is CNc1c(Cl)cc(CC(NC(C)(C)C)OC)cc1Cl. The normalized spacial score (nSPS) is 13.4. The van der Waals surface area contributed by atoms with Gasteiger partial charge in [-0.15, -0.1) is 0 Å². The fraction of sp³-hybridized carbons (Fsp3) is 0.571. The highest BCUT2D eigenvalue weighted by Gasteiger charge is 2.18. The van der Waals surface area contributed by atoms with Crippen LogP contribution in [0.2, 0.25) is 10.0 Å². The lowest BCUT2D eigenvalue weighted by Crippen LogP contribution is -2.45. The smallest absolute Gasteiger partial charge is 0.112 e. The van der Waals surface area contributed by atoms with Crippen molar-refractivity contribution in [3.8, 4) is 0 Å². The second-order valence-corrected chi connectivity index (χ2v) is 6.32. The highest BCUT2D eigenvalue weighted by molar-refractivity contribution is 6.39. The summed E-state index contributed by atoms with van der Waals surface area (Å²) < 4.78 is 5.45. The Bertz CT molecular complexity index is 407. The molecule has 108 valence electrons. The second kappa shape index (κ2) is 6.80. The van der Waals surface area contributed by atoms with Gasteiger partial charge in [0.15, 0.2) is 0 Å². The van der Waals surface area contributed by atoms with E-state index in [0.717, 1.165) is 11.3 Å². The third kappa shape index (κ3) is 5.19. The monoisotopic (exact) mass is 304 g/mol. The highest BCUT2D eigenvalue weighted by Crippen LogP contribution is 2.31. The minimum absolute atomic E-state index is 0.0147. The van der Waals surface area contributed by atoms with Gasteiger partial charge in [-0.2, -0.15) is 0 Å². The lowest BCUT2D eigenvalue weighted by molar-refractivity contribution is 0.0526. The van der Waals surface area contributed by atoms with E-state index in [4.69, 9.17) is 27.9 Å². The van der Waals surface area contributed by atoms with Crippen molar-refractivity contribution in [2.45, 2.75) is 39.0 Å². The van der Waals surface area contributed by atoms with Gasteiger partial charge in [0.2, 0.25) is 0 Å². The maximum atomic E-state index is 6.19. The van der Waals surface area contributed by atoms with Gasteiger partial charge in [0, 0.05) is 26.1 Å². The Morgan fingerprint density at radius 2 is 1.74 bits per heavy atom. The van der Waals surface area contributed by atoms with E-state index in [0.29, 0.717) is 16.5 Å². The van der Waals surface area contributed by atoms with Gasteiger partial charge >= 0.3 is 0 Å². The lowest BCUT2D eigenvalue weighted by atomic mass is 10.1. The van der Waals surface area contributed by atoms with Crippen molar-refractivity contribution in [2.75, 3.05) is 19.5 Å². The van der Waals surface area contributed by atoms with Crippen LogP contribution in [0.4, 0.5) is 5.69 Å². The molecule has 0 saturated carbocycles. The van der Waals surface area contributed by atoms with E-state index < -0.39 is 0 Å². The van der Waals surface area contributed by atoms with Crippen molar-refractivity contribution in [2.24, 2.45) is 0 Å². The number of anilines is 1. The summed E-state index contributed by atoms with van der Waals surface area (Å²) in [5, 5.41) is 7.63. The number of halogens is 2. The number of benzene rings is 1. The summed E-state index contributed by atoms with van der Waals surface area (Å²) in [6, 6.07) is 3.82. The van der Waals surface area contributed by atoms with Gasteiger partial charge in [0.1, 0.15) is 6.23 Å². The molecular weight excluding hydrogens is 283 g/mol. The molecule has 5 heteroatoms. The zero-order valence-electron chi connectivity index (χ0n) is 12.1. The van der Waals surface area contributed by atoms with Gasteiger partial charge in [0.25, 0.3) is 0 Å². The number of methoxy groups -OCH3 is 1. The van der Waals surface area contributed by atoms with Crippen LogP contribution in [-0.2, 0) is 11.2 Å². The molecule has 19 heavy (non-hydrogen) atoms. The lowest BCUT2D eigenvalue weighted by Gasteiger charge is -2.27. The summed E-state index contributed by atoms with van der Waals surface area (Å²) in [4.78, 5) is 0. The summed E-state index contributed by atoms with van der Waals surface area (Å²) in [6.45, 7) is 6.30. The minimum atomic E-state index is -0.0763. The Morgan fingerprint density at radius 3 is 2.11 bits per heavy atom. The quantitative estimate of drug-likeness (QED) is 0.809. The summed E-state index contributed by atoms with van der Waals surface area (Å²) >= 11 is 12.4. The first-order valence-electron chi connectivity index (χ1n) is 6.23. The van der Waals surface area contributed by atoms with Crippen molar-refractivity contribution < 1.29 is 4.74 Å². The van der Waals surface area contributed by atoms with Crippen LogP contribution in [0.5, 0.6) is 0 Å². The van der Waals surface area contributed by atoms with E-state index in [2.05, 4.69) is 31.4 Å². The van der Waals surface area contributed by atoms with Crippen molar-refractivity contribution in [3.05, 3.63) is 27.7 Å². The summed E-state index contributed by atoms with van der Waals surface area (Å²) in [7, 11) is 3.49. The van der Waals surface area contributed by atoms with Gasteiger partial charge in [-0.25, -0.2) is 0 Å². The van der Waals surface area contributed by atoms with Crippen LogP contribution in [0, 0.1) is 0 Å². The molecule has 0 saturated heterocycles. The van der Waals surface area contributed by atoms with Crippen molar-refractivity contribution in [1.29, 1.82) is 0 Å². The van der Waals surface area contributed by atoms with Crippen LogP contribution in [0.25, 0.3) is 0 Å². The van der Waals surface area contributed by atoms with Gasteiger partial charge in [-0.3, -0.25) is 5.32 Å². The average Bonchev–Trinajstić information content (AvgIpc) is 2.25. The zero-order chi connectivity index (χ0) is 14.6. The van der Waals surface area contributed by atoms with Gasteiger partial charge in [-0.1, -0.05) is 23.2 Å². The van der Waals surface area contributed by atoms with Crippen LogP contribution in [0.1, 0.15) is 26.3 Å². The Labute approximate surface area is 125 Å². The van der Waals surface area contributed by atoms with Crippen LogP contribution in [0.3, 0.4) is 0 Å². The fourth-order valence-corrected chi connectivity index (χ4v) is 2.59. The molecule has 1 atom stereocenters. The van der Waals surface area contributed by atoms with E-state index in [1.165, 1.54) is 0 Å². The maximum Gasteiger partial charge on any atom is 0.112 e. The molecule has 0 aliphatic carbocycles. The minimum Gasteiger partial charge on any atom is -0.386 e. The highest BCUT2D eigenvalue weighted by atomic mass is 35.5. The van der Waals surface area contributed by atoms with E-state index in [1.54, 1.807) is 14.2 Å². The maximum absolute atomic E-state index is 6.19. The average molecular weight is 305 g/mol. The van der Waals surface area contributed by atoms with Gasteiger partial charge in [0.05, 0.1) is 15.7 Å². The summed E-state index contributed by atoms with van der Waals surface area (Å²) in [5.41, 5.74) is 1.78. The molecular formula is C14H22Cl2N2O. The molecule has 0 amide bonds. The molecule has 1 aromatic rings. The third-order valence-electron chi connectivity index (χ3n) is 2.65. The van der Waals surface area contributed by atoms with Crippen molar-refractivity contribution in [1.82, 2.24) is 5.32 Å². The molecule has 0 heterocycles. The molecule has 1 aromatic carbocycles. The summed E-state index contributed by atoms with van der Waals surface area (Å²) in [6.07, 6.45) is 0.629. The standard InChI is InChI=1S/C14H22Cl2N2O/c1-14(2,3)18-12(19-5)8-9-6-10(15)13(17-4)11(16)7-9/h6-7,12,17-18H,8H2,1-5H3. The fourth-order valence-electron chi connectivity index (χ4n) is 1.87. The number of hydrogen-bond acceptors (Lipinski definition) is 3. The molecule has 0 bridgehead atoms.